The Hall–Kier alpha value is -1.98. The summed E-state index contributed by atoms with van der Waals surface area (Å²) >= 11 is 0. The molecule has 3 heterocycles. The molecule has 5 heteroatoms. The van der Waals surface area contributed by atoms with Gasteiger partial charge < -0.3 is 10.5 Å². The summed E-state index contributed by atoms with van der Waals surface area (Å²) in [6, 6.07) is 9.77. The van der Waals surface area contributed by atoms with E-state index in [1.165, 1.54) is 5.56 Å². The summed E-state index contributed by atoms with van der Waals surface area (Å²) in [5.74, 6) is 0.539. The number of nitrogens with two attached hydrogens (primary N) is 1. The van der Waals surface area contributed by atoms with Crippen LogP contribution in [0.15, 0.2) is 42.7 Å². The Kier molecular flexibility index (Phi) is 3.90. The van der Waals surface area contributed by atoms with E-state index in [1.807, 2.05) is 36.7 Å². The van der Waals surface area contributed by atoms with Crippen LogP contribution < -0.4 is 5.73 Å². The van der Waals surface area contributed by atoms with Crippen molar-refractivity contribution in [3.63, 3.8) is 0 Å². The second kappa shape index (κ2) is 5.98. The first-order valence-corrected chi connectivity index (χ1v) is 6.76. The Balaban J connectivity index is 1.67. The number of aromatic nitrogens is 2. The molecule has 0 aliphatic carbocycles. The standard InChI is InChI=1S/C15H18N4O/c16-15-3-1-2-13(18-15)14-11-19(8-9-20-14)10-12-4-6-17-7-5-12/h1-7,14H,8-11H2,(H2,16,18)/t14-/m1/s1. The van der Waals surface area contributed by atoms with Crippen molar-refractivity contribution in [1.82, 2.24) is 14.9 Å². The van der Waals surface area contributed by atoms with Gasteiger partial charge in [-0.05, 0) is 29.8 Å². The predicted molar refractivity (Wildman–Crippen MR) is 76.9 cm³/mol. The van der Waals surface area contributed by atoms with E-state index in [2.05, 4.69) is 14.9 Å². The summed E-state index contributed by atoms with van der Waals surface area (Å²) < 4.78 is 5.81. The van der Waals surface area contributed by atoms with Crippen molar-refractivity contribution in [3.8, 4) is 0 Å². The molecule has 0 bridgehead atoms. The molecule has 1 atom stereocenters. The summed E-state index contributed by atoms with van der Waals surface area (Å²) in [6.45, 7) is 3.39. The highest BCUT2D eigenvalue weighted by Crippen LogP contribution is 2.22. The average Bonchev–Trinajstić information content (AvgIpc) is 2.49. The molecule has 0 spiro atoms. The van der Waals surface area contributed by atoms with Crippen LogP contribution in [0, 0.1) is 0 Å². The molecule has 0 amide bonds. The van der Waals surface area contributed by atoms with Crippen molar-refractivity contribution >= 4 is 5.82 Å². The zero-order valence-electron chi connectivity index (χ0n) is 11.3. The number of ether oxygens (including phenoxy) is 1. The number of anilines is 1. The van der Waals surface area contributed by atoms with Gasteiger partial charge in [0.25, 0.3) is 0 Å². The van der Waals surface area contributed by atoms with Crippen molar-refractivity contribution in [1.29, 1.82) is 0 Å². The molecule has 0 aromatic carbocycles. The van der Waals surface area contributed by atoms with E-state index in [0.717, 1.165) is 25.3 Å². The van der Waals surface area contributed by atoms with E-state index >= 15 is 0 Å². The molecule has 20 heavy (non-hydrogen) atoms. The quantitative estimate of drug-likeness (QED) is 0.918. The van der Waals surface area contributed by atoms with Gasteiger partial charge in [-0.2, -0.15) is 0 Å². The second-order valence-electron chi connectivity index (χ2n) is 4.94. The highest BCUT2D eigenvalue weighted by atomic mass is 16.5. The van der Waals surface area contributed by atoms with Crippen LogP contribution in [0.2, 0.25) is 0 Å². The van der Waals surface area contributed by atoms with E-state index in [4.69, 9.17) is 10.5 Å². The maximum absolute atomic E-state index is 5.81. The lowest BCUT2D eigenvalue weighted by molar-refractivity contribution is -0.0349. The Morgan fingerprint density at radius 2 is 2.10 bits per heavy atom. The van der Waals surface area contributed by atoms with Crippen LogP contribution in [-0.4, -0.2) is 34.6 Å². The third kappa shape index (κ3) is 3.12. The number of pyridine rings is 2. The third-order valence-corrected chi connectivity index (χ3v) is 3.43. The van der Waals surface area contributed by atoms with Gasteiger partial charge in [-0.3, -0.25) is 9.88 Å². The first-order valence-electron chi connectivity index (χ1n) is 6.76. The molecular weight excluding hydrogens is 252 g/mol. The van der Waals surface area contributed by atoms with E-state index in [0.29, 0.717) is 12.4 Å². The highest BCUT2D eigenvalue weighted by molar-refractivity contribution is 5.29. The molecule has 0 saturated carbocycles. The molecule has 1 aliphatic heterocycles. The molecule has 1 saturated heterocycles. The fourth-order valence-electron chi connectivity index (χ4n) is 2.42. The fourth-order valence-corrected chi connectivity index (χ4v) is 2.42. The summed E-state index contributed by atoms with van der Waals surface area (Å²) in [5, 5.41) is 0. The number of morpholine rings is 1. The van der Waals surface area contributed by atoms with Crippen molar-refractivity contribution < 1.29 is 4.74 Å². The minimum Gasteiger partial charge on any atom is -0.384 e. The molecule has 3 rings (SSSR count). The predicted octanol–water partition coefficient (Wildman–Crippen LogP) is 1.63. The van der Waals surface area contributed by atoms with Crippen molar-refractivity contribution in [2.75, 3.05) is 25.4 Å². The van der Waals surface area contributed by atoms with Gasteiger partial charge in [0.15, 0.2) is 0 Å². The monoisotopic (exact) mass is 270 g/mol. The zero-order valence-corrected chi connectivity index (χ0v) is 11.3. The molecule has 2 N–H and O–H groups in total. The fraction of sp³-hybridized carbons (Fsp3) is 0.333. The topological polar surface area (TPSA) is 64.3 Å². The van der Waals surface area contributed by atoms with Gasteiger partial charge in [-0.25, -0.2) is 4.98 Å². The van der Waals surface area contributed by atoms with Crippen molar-refractivity contribution in [2.24, 2.45) is 0 Å². The van der Waals surface area contributed by atoms with Crippen LogP contribution in [0.25, 0.3) is 0 Å². The van der Waals surface area contributed by atoms with Gasteiger partial charge in [0.1, 0.15) is 11.9 Å². The lowest BCUT2D eigenvalue weighted by atomic mass is 10.1. The maximum Gasteiger partial charge on any atom is 0.123 e. The van der Waals surface area contributed by atoms with Gasteiger partial charge in [-0.15, -0.1) is 0 Å². The molecule has 0 radical (unpaired) electrons. The molecule has 104 valence electrons. The molecular formula is C15H18N4O. The lowest BCUT2D eigenvalue weighted by Gasteiger charge is -2.32. The summed E-state index contributed by atoms with van der Waals surface area (Å²) in [6.07, 6.45) is 3.65. The summed E-state index contributed by atoms with van der Waals surface area (Å²) in [7, 11) is 0. The Morgan fingerprint density at radius 3 is 2.90 bits per heavy atom. The molecule has 1 aliphatic rings. The maximum atomic E-state index is 5.81. The number of hydrogen-bond donors (Lipinski definition) is 1. The largest absolute Gasteiger partial charge is 0.384 e. The van der Waals surface area contributed by atoms with Crippen molar-refractivity contribution in [2.45, 2.75) is 12.6 Å². The van der Waals surface area contributed by atoms with E-state index in [1.54, 1.807) is 6.07 Å². The first-order chi connectivity index (χ1) is 9.81. The molecule has 0 unspecified atom stereocenters. The zero-order chi connectivity index (χ0) is 13.8. The van der Waals surface area contributed by atoms with Gasteiger partial charge in [0.2, 0.25) is 0 Å². The normalized spacial score (nSPS) is 19.9. The second-order valence-corrected chi connectivity index (χ2v) is 4.94. The van der Waals surface area contributed by atoms with Crippen LogP contribution in [0.5, 0.6) is 0 Å². The van der Waals surface area contributed by atoms with Crippen LogP contribution in [0.1, 0.15) is 17.4 Å². The van der Waals surface area contributed by atoms with Gasteiger partial charge in [0, 0.05) is 32.0 Å². The van der Waals surface area contributed by atoms with Gasteiger partial charge in [0.05, 0.1) is 12.3 Å². The number of nitrogen functional groups attached to an aromatic ring is 1. The molecule has 2 aromatic rings. The number of hydrogen-bond acceptors (Lipinski definition) is 5. The van der Waals surface area contributed by atoms with Crippen LogP contribution in [0.3, 0.4) is 0 Å². The van der Waals surface area contributed by atoms with Gasteiger partial charge >= 0.3 is 0 Å². The van der Waals surface area contributed by atoms with Crippen LogP contribution in [0.4, 0.5) is 5.82 Å². The summed E-state index contributed by atoms with van der Waals surface area (Å²) in [4.78, 5) is 10.8. The van der Waals surface area contributed by atoms with Crippen LogP contribution in [-0.2, 0) is 11.3 Å². The Labute approximate surface area is 118 Å². The first kappa shape index (κ1) is 13.0. The Morgan fingerprint density at radius 1 is 1.25 bits per heavy atom. The summed E-state index contributed by atoms with van der Waals surface area (Å²) in [5.41, 5.74) is 7.91. The van der Waals surface area contributed by atoms with Crippen LogP contribution >= 0.6 is 0 Å². The lowest BCUT2D eigenvalue weighted by Crippen LogP contribution is -2.38. The minimum absolute atomic E-state index is 0.00547. The Bertz CT molecular complexity index is 561. The van der Waals surface area contributed by atoms with E-state index < -0.39 is 0 Å². The minimum atomic E-state index is -0.00547. The SMILES string of the molecule is Nc1cccc([C@H]2CN(Cc3ccncc3)CCO2)n1. The third-order valence-electron chi connectivity index (χ3n) is 3.43. The molecule has 1 fully saturated rings. The number of rotatable bonds is 3. The van der Waals surface area contributed by atoms with Gasteiger partial charge in [-0.1, -0.05) is 6.07 Å². The number of nitrogens with zero attached hydrogens (tertiary/aromatic N) is 3. The van der Waals surface area contributed by atoms with E-state index in [9.17, 15) is 0 Å². The molecule has 2 aromatic heterocycles. The van der Waals surface area contributed by atoms with E-state index in [-0.39, 0.29) is 6.10 Å². The average molecular weight is 270 g/mol. The van der Waals surface area contributed by atoms with Crippen molar-refractivity contribution in [3.05, 3.63) is 54.0 Å². The molecule has 5 nitrogen and oxygen atoms in total. The smallest absolute Gasteiger partial charge is 0.123 e. The highest BCUT2D eigenvalue weighted by Gasteiger charge is 2.23.